The van der Waals surface area contributed by atoms with Gasteiger partial charge in [0.25, 0.3) is 0 Å². The quantitative estimate of drug-likeness (QED) is 0.466. The van der Waals surface area contributed by atoms with Crippen LogP contribution in [-0.2, 0) is 6.61 Å². The molecule has 0 heterocycles. The number of hydrogen-bond donors (Lipinski definition) is 1. The first-order valence-corrected chi connectivity index (χ1v) is 9.75. The summed E-state index contributed by atoms with van der Waals surface area (Å²) in [6, 6.07) is 22.7. The van der Waals surface area contributed by atoms with E-state index in [1.54, 1.807) is 30.5 Å². The van der Waals surface area contributed by atoms with Crippen LogP contribution in [0.1, 0.15) is 53.2 Å². The van der Waals surface area contributed by atoms with Crippen molar-refractivity contribution in [1.29, 1.82) is 0 Å². The molecule has 0 aliphatic heterocycles. The van der Waals surface area contributed by atoms with E-state index in [0.717, 1.165) is 29.0 Å². The van der Waals surface area contributed by atoms with E-state index in [2.05, 4.69) is 31.0 Å². The van der Waals surface area contributed by atoms with Crippen molar-refractivity contribution in [3.63, 3.8) is 0 Å². The summed E-state index contributed by atoms with van der Waals surface area (Å²) < 4.78 is 5.94. The Bertz CT molecular complexity index is 976. The van der Waals surface area contributed by atoms with Crippen molar-refractivity contribution in [3.05, 3.63) is 95.1 Å². The molecule has 0 bridgehead atoms. The molecule has 1 N–H and O–H groups in total. The Kier molecular flexibility index (Phi) is 6.80. The molecule has 148 valence electrons. The van der Waals surface area contributed by atoms with Gasteiger partial charge in [-0.3, -0.25) is 4.99 Å². The van der Waals surface area contributed by atoms with Crippen molar-refractivity contribution < 1.29 is 14.6 Å². The van der Waals surface area contributed by atoms with Crippen LogP contribution in [0.15, 0.2) is 77.8 Å². The van der Waals surface area contributed by atoms with E-state index in [0.29, 0.717) is 12.5 Å². The summed E-state index contributed by atoms with van der Waals surface area (Å²) in [5.41, 5.74) is 4.28. The van der Waals surface area contributed by atoms with E-state index >= 15 is 0 Å². The van der Waals surface area contributed by atoms with Crippen LogP contribution in [-0.4, -0.2) is 17.3 Å². The Labute approximate surface area is 171 Å². The molecule has 4 heteroatoms. The van der Waals surface area contributed by atoms with Crippen molar-refractivity contribution in [3.8, 4) is 5.75 Å². The Balaban J connectivity index is 1.68. The smallest absolute Gasteiger partial charge is 0.335 e. The van der Waals surface area contributed by atoms with E-state index < -0.39 is 5.97 Å². The largest absolute Gasteiger partial charge is 0.488 e. The van der Waals surface area contributed by atoms with Gasteiger partial charge in [-0.25, -0.2) is 4.79 Å². The molecule has 0 saturated heterocycles. The molecular formula is C25H25NO3. The van der Waals surface area contributed by atoms with Gasteiger partial charge in [0.05, 0.1) is 11.3 Å². The van der Waals surface area contributed by atoms with Crippen LogP contribution in [0.25, 0.3) is 0 Å². The minimum atomic E-state index is -0.934. The van der Waals surface area contributed by atoms with Gasteiger partial charge >= 0.3 is 5.97 Å². The third-order valence-corrected chi connectivity index (χ3v) is 4.94. The lowest BCUT2D eigenvalue weighted by Gasteiger charge is -2.10. The number of benzene rings is 3. The molecule has 3 aromatic carbocycles. The van der Waals surface area contributed by atoms with Crippen molar-refractivity contribution in [2.24, 2.45) is 4.99 Å². The summed E-state index contributed by atoms with van der Waals surface area (Å²) in [5, 5.41) is 8.98. The molecule has 0 saturated carbocycles. The molecule has 0 radical (unpaired) electrons. The van der Waals surface area contributed by atoms with Crippen LogP contribution >= 0.6 is 0 Å². The van der Waals surface area contributed by atoms with Gasteiger partial charge in [0, 0.05) is 11.8 Å². The minimum Gasteiger partial charge on any atom is -0.488 e. The SMILES string of the molecule is CC[C@@H](C)c1ccc(N=Cc2ccccc2OCc2ccc(C(=O)O)cc2)cc1. The number of carboxylic acid groups (broad SMARTS) is 1. The lowest BCUT2D eigenvalue weighted by atomic mass is 9.99. The number of nitrogens with zero attached hydrogens (tertiary/aromatic N) is 1. The minimum absolute atomic E-state index is 0.264. The zero-order valence-corrected chi connectivity index (χ0v) is 16.7. The van der Waals surface area contributed by atoms with Crippen LogP contribution in [0.3, 0.4) is 0 Å². The number of carbonyl (C=O) groups is 1. The molecule has 3 aromatic rings. The van der Waals surface area contributed by atoms with E-state index in [1.165, 1.54) is 5.56 Å². The van der Waals surface area contributed by atoms with Crippen molar-refractivity contribution in [2.75, 3.05) is 0 Å². The Morgan fingerprint density at radius 3 is 2.38 bits per heavy atom. The fraction of sp³-hybridized carbons (Fsp3) is 0.200. The number of carboxylic acids is 1. The van der Waals surface area contributed by atoms with Crippen LogP contribution in [0.5, 0.6) is 5.75 Å². The van der Waals surface area contributed by atoms with Gasteiger partial charge in [0.15, 0.2) is 0 Å². The van der Waals surface area contributed by atoms with Crippen molar-refractivity contribution >= 4 is 17.9 Å². The first-order valence-electron chi connectivity index (χ1n) is 9.75. The highest BCUT2D eigenvalue weighted by atomic mass is 16.5. The zero-order valence-electron chi connectivity index (χ0n) is 16.7. The summed E-state index contributed by atoms with van der Waals surface area (Å²) in [6.07, 6.45) is 2.92. The van der Waals surface area contributed by atoms with Gasteiger partial charge in [-0.05, 0) is 59.9 Å². The Morgan fingerprint density at radius 2 is 1.72 bits per heavy atom. The summed E-state index contributed by atoms with van der Waals surface area (Å²) in [4.78, 5) is 15.5. The maximum atomic E-state index is 10.9. The fourth-order valence-corrected chi connectivity index (χ4v) is 2.89. The average molecular weight is 387 g/mol. The molecule has 1 atom stereocenters. The maximum Gasteiger partial charge on any atom is 0.335 e. The lowest BCUT2D eigenvalue weighted by Crippen LogP contribution is -2.00. The second-order valence-corrected chi connectivity index (χ2v) is 6.99. The van der Waals surface area contributed by atoms with Gasteiger partial charge in [0.1, 0.15) is 12.4 Å². The number of para-hydroxylation sites is 1. The third kappa shape index (κ3) is 5.55. The molecule has 0 aliphatic carbocycles. The van der Waals surface area contributed by atoms with Crippen LogP contribution in [0.4, 0.5) is 5.69 Å². The average Bonchev–Trinajstić information content (AvgIpc) is 2.77. The summed E-state index contributed by atoms with van der Waals surface area (Å²) >= 11 is 0. The molecule has 4 nitrogen and oxygen atoms in total. The van der Waals surface area contributed by atoms with Gasteiger partial charge in [-0.2, -0.15) is 0 Å². The lowest BCUT2D eigenvalue weighted by molar-refractivity contribution is 0.0697. The number of hydrogen-bond acceptors (Lipinski definition) is 3. The number of ether oxygens (including phenoxy) is 1. The maximum absolute atomic E-state index is 10.9. The highest BCUT2D eigenvalue weighted by Crippen LogP contribution is 2.23. The van der Waals surface area contributed by atoms with E-state index in [1.807, 2.05) is 36.4 Å². The highest BCUT2D eigenvalue weighted by Gasteiger charge is 2.05. The third-order valence-electron chi connectivity index (χ3n) is 4.94. The molecule has 0 aliphatic rings. The van der Waals surface area contributed by atoms with E-state index in [4.69, 9.17) is 9.84 Å². The first kappa shape index (κ1) is 20.3. The van der Waals surface area contributed by atoms with Crippen molar-refractivity contribution in [1.82, 2.24) is 0 Å². The molecule has 29 heavy (non-hydrogen) atoms. The van der Waals surface area contributed by atoms with Crippen LogP contribution in [0.2, 0.25) is 0 Å². The summed E-state index contributed by atoms with van der Waals surface area (Å²) in [6.45, 7) is 4.77. The normalized spacial score (nSPS) is 12.1. The van der Waals surface area contributed by atoms with E-state index in [-0.39, 0.29) is 5.56 Å². The topological polar surface area (TPSA) is 58.9 Å². The summed E-state index contributed by atoms with van der Waals surface area (Å²) in [5.74, 6) is 0.345. The summed E-state index contributed by atoms with van der Waals surface area (Å²) in [7, 11) is 0. The van der Waals surface area contributed by atoms with Crippen LogP contribution in [0, 0.1) is 0 Å². The van der Waals surface area contributed by atoms with Gasteiger partial charge < -0.3 is 9.84 Å². The predicted molar refractivity (Wildman–Crippen MR) is 117 cm³/mol. The van der Waals surface area contributed by atoms with Crippen LogP contribution < -0.4 is 4.74 Å². The Morgan fingerprint density at radius 1 is 1.03 bits per heavy atom. The number of aromatic carboxylic acids is 1. The molecular weight excluding hydrogens is 362 g/mol. The Hall–Kier alpha value is -3.40. The molecule has 0 fully saturated rings. The predicted octanol–water partition coefficient (Wildman–Crippen LogP) is 6.23. The fourth-order valence-electron chi connectivity index (χ4n) is 2.89. The first-order chi connectivity index (χ1) is 14.1. The standard InChI is InChI=1S/C25H25NO3/c1-3-18(2)20-12-14-23(15-13-20)26-16-22-6-4-5-7-24(22)29-17-19-8-10-21(11-9-19)25(27)28/h4-16,18H,3,17H2,1-2H3,(H,27,28)/t18-/m1/s1. The van der Waals surface area contributed by atoms with Gasteiger partial charge in [-0.15, -0.1) is 0 Å². The monoisotopic (exact) mass is 387 g/mol. The molecule has 3 rings (SSSR count). The highest BCUT2D eigenvalue weighted by molar-refractivity contribution is 5.87. The number of aliphatic imine (C=N–C) groups is 1. The molecule has 0 unspecified atom stereocenters. The molecule has 0 aromatic heterocycles. The van der Waals surface area contributed by atoms with Gasteiger partial charge in [0.2, 0.25) is 0 Å². The van der Waals surface area contributed by atoms with Gasteiger partial charge in [-0.1, -0.05) is 50.2 Å². The second kappa shape index (κ2) is 9.69. The molecule has 0 amide bonds. The van der Waals surface area contributed by atoms with E-state index in [9.17, 15) is 4.79 Å². The molecule has 0 spiro atoms. The zero-order chi connectivity index (χ0) is 20.6. The number of rotatable bonds is 8. The van der Waals surface area contributed by atoms with Crippen molar-refractivity contribution in [2.45, 2.75) is 32.8 Å². The second-order valence-electron chi connectivity index (χ2n) is 6.99.